The van der Waals surface area contributed by atoms with Crippen LogP contribution in [0.3, 0.4) is 0 Å². The summed E-state index contributed by atoms with van der Waals surface area (Å²) in [7, 11) is 0. The lowest BCUT2D eigenvalue weighted by Crippen LogP contribution is -2.58. The second-order valence-electron chi connectivity index (χ2n) is 9.81. The van der Waals surface area contributed by atoms with E-state index >= 15 is 0 Å². The predicted molar refractivity (Wildman–Crippen MR) is 124 cm³/mol. The van der Waals surface area contributed by atoms with Crippen LogP contribution in [0.2, 0.25) is 5.02 Å². The van der Waals surface area contributed by atoms with E-state index in [2.05, 4.69) is 14.5 Å². The Morgan fingerprint density at radius 3 is 2.43 bits per heavy atom. The van der Waals surface area contributed by atoms with E-state index < -0.39 is 24.3 Å². The average molecular weight is 519 g/mol. The van der Waals surface area contributed by atoms with Crippen molar-refractivity contribution < 1.29 is 32.6 Å². The first-order valence-electron chi connectivity index (χ1n) is 11.7. The summed E-state index contributed by atoms with van der Waals surface area (Å²) in [6.45, 7) is 6.39. The highest BCUT2D eigenvalue weighted by molar-refractivity contribution is 6.30. The molecule has 1 atom stereocenters. The van der Waals surface area contributed by atoms with E-state index in [9.17, 15) is 22.8 Å². The standard InChI is InChI=1S/C23H30ClF3N4O4/c1-16(23(25,26)27)35-21(34)30-8-6-28(7-9-30)11-17-2-3-18(24)10-19(17)31-14-22(15-31)4-5-29(13-22)12-20(32)33/h2-3,10,16H,4-9,11-15H2,1H3,(H,32,33). The Balaban J connectivity index is 1.31. The van der Waals surface area contributed by atoms with Crippen LogP contribution in [0.5, 0.6) is 0 Å². The zero-order chi connectivity index (χ0) is 25.4. The number of benzene rings is 1. The lowest BCUT2D eigenvalue weighted by atomic mass is 9.78. The van der Waals surface area contributed by atoms with Crippen LogP contribution in [0.15, 0.2) is 18.2 Å². The fourth-order valence-corrected chi connectivity index (χ4v) is 5.30. The number of ether oxygens (including phenoxy) is 1. The number of hydrogen-bond donors (Lipinski definition) is 1. The van der Waals surface area contributed by atoms with Crippen molar-refractivity contribution in [3.63, 3.8) is 0 Å². The summed E-state index contributed by atoms with van der Waals surface area (Å²) in [6.07, 6.45) is -6.69. The van der Waals surface area contributed by atoms with Crippen molar-refractivity contribution >= 4 is 29.4 Å². The van der Waals surface area contributed by atoms with Gasteiger partial charge in [0.25, 0.3) is 0 Å². The van der Waals surface area contributed by atoms with Crippen molar-refractivity contribution in [2.24, 2.45) is 5.41 Å². The minimum Gasteiger partial charge on any atom is -0.480 e. The Bertz CT molecular complexity index is 949. The number of nitrogens with zero attached hydrogens (tertiary/aromatic N) is 4. The topological polar surface area (TPSA) is 76.6 Å². The normalized spacial score (nSPS) is 21.7. The molecule has 3 heterocycles. The van der Waals surface area contributed by atoms with E-state index in [4.69, 9.17) is 16.7 Å². The van der Waals surface area contributed by atoms with Gasteiger partial charge in [-0.3, -0.25) is 14.6 Å². The number of piperazine rings is 1. The van der Waals surface area contributed by atoms with Gasteiger partial charge in [-0.05, 0) is 37.6 Å². The van der Waals surface area contributed by atoms with Crippen LogP contribution in [0.4, 0.5) is 23.7 Å². The number of carboxylic acids is 1. The molecular weight excluding hydrogens is 489 g/mol. The molecule has 8 nitrogen and oxygen atoms in total. The van der Waals surface area contributed by atoms with Crippen molar-refractivity contribution in [3.8, 4) is 0 Å². The van der Waals surface area contributed by atoms with Crippen molar-refractivity contribution in [3.05, 3.63) is 28.8 Å². The van der Waals surface area contributed by atoms with Crippen molar-refractivity contribution in [1.29, 1.82) is 0 Å². The van der Waals surface area contributed by atoms with Crippen molar-refractivity contribution in [1.82, 2.24) is 14.7 Å². The third-order valence-electron chi connectivity index (χ3n) is 7.08. The quantitative estimate of drug-likeness (QED) is 0.620. The molecule has 194 valence electrons. The van der Waals surface area contributed by atoms with Gasteiger partial charge in [-0.15, -0.1) is 0 Å². The number of aliphatic carboxylic acids is 1. The molecule has 1 unspecified atom stereocenters. The van der Waals surface area contributed by atoms with Gasteiger partial charge in [0.2, 0.25) is 0 Å². The highest BCUT2D eigenvalue weighted by atomic mass is 35.5. The third kappa shape index (κ3) is 6.13. The summed E-state index contributed by atoms with van der Waals surface area (Å²) in [5.74, 6) is -0.807. The van der Waals surface area contributed by atoms with Gasteiger partial charge in [0.05, 0.1) is 6.54 Å². The maximum Gasteiger partial charge on any atom is 0.425 e. The van der Waals surface area contributed by atoms with Crippen LogP contribution in [0.1, 0.15) is 18.9 Å². The van der Waals surface area contributed by atoms with Gasteiger partial charge in [0, 0.05) is 68.5 Å². The number of carboxylic acid groups (broad SMARTS) is 1. The van der Waals surface area contributed by atoms with E-state index in [1.165, 1.54) is 4.90 Å². The zero-order valence-electron chi connectivity index (χ0n) is 19.6. The molecule has 3 aliphatic heterocycles. The summed E-state index contributed by atoms with van der Waals surface area (Å²) in [5.41, 5.74) is 2.24. The van der Waals surface area contributed by atoms with E-state index in [1.807, 2.05) is 23.1 Å². The molecule has 3 saturated heterocycles. The molecule has 0 aliphatic carbocycles. The fourth-order valence-electron chi connectivity index (χ4n) is 5.13. The average Bonchev–Trinajstić information content (AvgIpc) is 3.17. The summed E-state index contributed by atoms with van der Waals surface area (Å²) < 4.78 is 42.6. The zero-order valence-corrected chi connectivity index (χ0v) is 20.3. The lowest BCUT2D eigenvalue weighted by Gasteiger charge is -2.50. The summed E-state index contributed by atoms with van der Waals surface area (Å²) >= 11 is 6.29. The van der Waals surface area contributed by atoms with Gasteiger partial charge in [0.15, 0.2) is 6.10 Å². The smallest absolute Gasteiger partial charge is 0.425 e. The van der Waals surface area contributed by atoms with E-state index in [0.717, 1.165) is 50.8 Å². The first-order chi connectivity index (χ1) is 16.4. The predicted octanol–water partition coefficient (Wildman–Crippen LogP) is 3.14. The summed E-state index contributed by atoms with van der Waals surface area (Å²) in [4.78, 5) is 30.8. The van der Waals surface area contributed by atoms with Crippen LogP contribution in [-0.4, -0.2) is 103 Å². The number of amides is 1. The number of halogens is 4. The van der Waals surface area contributed by atoms with E-state index in [1.54, 1.807) is 0 Å². The maximum absolute atomic E-state index is 12.7. The molecule has 3 fully saturated rings. The SMILES string of the molecule is CC(OC(=O)N1CCN(Cc2ccc(Cl)cc2N2CC3(CCN(CC(=O)O)C3)C2)CC1)C(F)(F)F. The molecule has 0 aromatic heterocycles. The van der Waals surface area contributed by atoms with Crippen LogP contribution >= 0.6 is 11.6 Å². The Labute approximate surface area is 207 Å². The van der Waals surface area contributed by atoms with E-state index in [0.29, 0.717) is 37.7 Å². The minimum atomic E-state index is -4.58. The van der Waals surface area contributed by atoms with Crippen LogP contribution in [0, 0.1) is 5.41 Å². The van der Waals surface area contributed by atoms with E-state index in [-0.39, 0.29) is 12.0 Å². The molecule has 4 rings (SSSR count). The van der Waals surface area contributed by atoms with Gasteiger partial charge < -0.3 is 19.6 Å². The Hall–Kier alpha value is -2.24. The van der Waals surface area contributed by atoms with Gasteiger partial charge in [-0.2, -0.15) is 13.2 Å². The molecule has 0 bridgehead atoms. The highest BCUT2D eigenvalue weighted by Crippen LogP contribution is 2.43. The van der Waals surface area contributed by atoms with Crippen LogP contribution < -0.4 is 4.90 Å². The fraction of sp³-hybridized carbons (Fsp3) is 0.652. The second-order valence-corrected chi connectivity index (χ2v) is 10.3. The van der Waals surface area contributed by atoms with Crippen LogP contribution in [0.25, 0.3) is 0 Å². The highest BCUT2D eigenvalue weighted by Gasteiger charge is 2.48. The van der Waals surface area contributed by atoms with Gasteiger partial charge >= 0.3 is 18.2 Å². The lowest BCUT2D eigenvalue weighted by molar-refractivity contribution is -0.200. The molecule has 1 spiro atoms. The number of carbonyl (C=O) groups is 2. The number of carbonyl (C=O) groups excluding carboxylic acids is 1. The number of likely N-dealkylation sites (tertiary alicyclic amines) is 1. The molecule has 1 N–H and O–H groups in total. The van der Waals surface area contributed by atoms with Gasteiger partial charge in [-0.1, -0.05) is 17.7 Å². The molecule has 12 heteroatoms. The van der Waals surface area contributed by atoms with Crippen LogP contribution in [-0.2, 0) is 16.1 Å². The van der Waals surface area contributed by atoms with Crippen molar-refractivity contribution in [2.45, 2.75) is 32.2 Å². The molecule has 3 aliphatic rings. The largest absolute Gasteiger partial charge is 0.480 e. The van der Waals surface area contributed by atoms with Gasteiger partial charge in [0.1, 0.15) is 0 Å². The number of rotatable bonds is 6. The molecule has 1 aromatic rings. The molecule has 0 saturated carbocycles. The second kappa shape index (κ2) is 10.0. The maximum atomic E-state index is 12.7. The molecular formula is C23H30ClF3N4O4. The minimum absolute atomic E-state index is 0.0683. The Kier molecular flexibility index (Phi) is 7.40. The molecule has 0 radical (unpaired) electrons. The Morgan fingerprint density at radius 2 is 1.80 bits per heavy atom. The first-order valence-corrected chi connectivity index (χ1v) is 12.0. The Morgan fingerprint density at radius 1 is 1.11 bits per heavy atom. The number of alkyl halides is 3. The molecule has 35 heavy (non-hydrogen) atoms. The molecule has 1 aromatic carbocycles. The summed E-state index contributed by atoms with van der Waals surface area (Å²) in [6, 6.07) is 5.77. The third-order valence-corrected chi connectivity index (χ3v) is 7.31. The number of anilines is 1. The first kappa shape index (κ1) is 25.8. The monoisotopic (exact) mass is 518 g/mol. The summed E-state index contributed by atoms with van der Waals surface area (Å²) in [5, 5.41) is 9.69. The molecule has 1 amide bonds. The number of hydrogen-bond acceptors (Lipinski definition) is 6. The van der Waals surface area contributed by atoms with Gasteiger partial charge in [-0.25, -0.2) is 4.79 Å². The van der Waals surface area contributed by atoms with Crippen molar-refractivity contribution in [2.75, 3.05) is 63.8 Å².